The minimum Gasteiger partial charge on any atom is -0.320 e. The van der Waals surface area contributed by atoms with E-state index >= 15 is 0 Å². The predicted octanol–water partition coefficient (Wildman–Crippen LogP) is 4.00. The van der Waals surface area contributed by atoms with E-state index in [0.29, 0.717) is 27.7 Å². The molecular weight excluding hydrogens is 489 g/mol. The third kappa shape index (κ3) is 4.96. The van der Waals surface area contributed by atoms with E-state index in [9.17, 15) is 17.0 Å². The maximum atomic E-state index is 13.7. The maximum absolute atomic E-state index is 13.7. The molecule has 8 nitrogen and oxygen atoms in total. The lowest BCUT2D eigenvalue weighted by molar-refractivity contribution is 0.599. The van der Waals surface area contributed by atoms with Crippen LogP contribution < -0.4 is 4.31 Å². The second-order valence-corrected chi connectivity index (χ2v) is 11.9. The van der Waals surface area contributed by atoms with Crippen LogP contribution in [0, 0.1) is 5.82 Å². The number of benzene rings is 2. The van der Waals surface area contributed by atoms with Crippen LogP contribution in [-0.2, 0) is 33.6 Å². The molecule has 2 aromatic heterocycles. The zero-order valence-electron chi connectivity index (χ0n) is 20.1. The summed E-state index contributed by atoms with van der Waals surface area (Å²) in [5, 5.41) is 0.406. The van der Waals surface area contributed by atoms with Gasteiger partial charge in [-0.1, -0.05) is 26.0 Å². The average Bonchev–Trinajstić information content (AvgIpc) is 3.15. The normalized spacial score (nSPS) is 12.9. The lowest BCUT2D eigenvalue weighted by Crippen LogP contribution is -2.28. The van der Waals surface area contributed by atoms with Gasteiger partial charge in [-0.15, -0.1) is 0 Å². The van der Waals surface area contributed by atoms with Crippen LogP contribution in [0.15, 0.2) is 53.7 Å². The predicted molar refractivity (Wildman–Crippen MR) is 136 cm³/mol. The largest absolute Gasteiger partial charge is 0.320 e. The van der Waals surface area contributed by atoms with E-state index in [1.807, 2.05) is 45.2 Å². The molecule has 0 aliphatic heterocycles. The molecule has 4 aromatic rings. The number of hydrogen-bond acceptors (Lipinski definition) is 6. The quantitative estimate of drug-likeness (QED) is 0.369. The molecule has 2 aromatic carbocycles. The molecule has 0 radical (unpaired) electrons. The monoisotopic (exact) mass is 515 g/mol. The number of halogens is 1. The Bertz CT molecular complexity index is 1530. The fourth-order valence-corrected chi connectivity index (χ4v) is 5.43. The van der Waals surface area contributed by atoms with Gasteiger partial charge in [0.2, 0.25) is 16.0 Å². The number of anilines is 1. The van der Waals surface area contributed by atoms with Crippen molar-refractivity contribution in [3.05, 3.63) is 65.6 Å². The molecule has 184 valence electrons. The first kappa shape index (κ1) is 24.9. The molecule has 2 heterocycles. The second-order valence-electron chi connectivity index (χ2n) is 8.56. The van der Waals surface area contributed by atoms with Gasteiger partial charge in [-0.2, -0.15) is 0 Å². The van der Waals surface area contributed by atoms with Gasteiger partial charge >= 0.3 is 0 Å². The van der Waals surface area contributed by atoms with Crippen LogP contribution in [0.5, 0.6) is 0 Å². The molecule has 0 saturated heterocycles. The Kier molecular flexibility index (Phi) is 6.74. The van der Waals surface area contributed by atoms with Crippen LogP contribution >= 0.6 is 0 Å². The van der Waals surface area contributed by atoms with E-state index in [0.717, 1.165) is 21.6 Å². The molecule has 11 heteroatoms. The molecule has 0 N–H and O–H groups in total. The van der Waals surface area contributed by atoms with Gasteiger partial charge in [0, 0.05) is 25.2 Å². The molecule has 0 aliphatic rings. The minimum absolute atomic E-state index is 0.00668. The summed E-state index contributed by atoms with van der Waals surface area (Å²) in [6.07, 6.45) is 1.07. The van der Waals surface area contributed by atoms with Crippen molar-refractivity contribution in [1.82, 2.24) is 19.5 Å². The van der Waals surface area contributed by atoms with Gasteiger partial charge in [-0.3, -0.25) is 4.21 Å². The zero-order valence-corrected chi connectivity index (χ0v) is 21.7. The summed E-state index contributed by atoms with van der Waals surface area (Å²) >= 11 is 0. The van der Waals surface area contributed by atoms with Crippen LogP contribution in [0.1, 0.15) is 31.0 Å². The Morgan fingerprint density at radius 3 is 2.31 bits per heavy atom. The van der Waals surface area contributed by atoms with E-state index in [1.165, 1.54) is 19.2 Å². The summed E-state index contributed by atoms with van der Waals surface area (Å²) in [6, 6.07) is 13.3. The van der Waals surface area contributed by atoms with Crippen LogP contribution in [0.4, 0.5) is 10.3 Å². The van der Waals surface area contributed by atoms with E-state index in [1.54, 1.807) is 16.7 Å². The van der Waals surface area contributed by atoms with Crippen molar-refractivity contribution in [2.24, 2.45) is 7.05 Å². The average molecular weight is 516 g/mol. The molecule has 1 unspecified atom stereocenters. The van der Waals surface area contributed by atoms with Gasteiger partial charge in [0.25, 0.3) is 0 Å². The van der Waals surface area contributed by atoms with E-state index in [2.05, 4.69) is 15.0 Å². The Morgan fingerprint density at radius 1 is 1.06 bits per heavy atom. The first-order chi connectivity index (χ1) is 16.5. The van der Waals surface area contributed by atoms with Gasteiger partial charge < -0.3 is 4.57 Å². The molecular formula is C24H26FN5O3S2. The van der Waals surface area contributed by atoms with E-state index in [4.69, 9.17) is 0 Å². The number of sulfonamides is 1. The molecule has 35 heavy (non-hydrogen) atoms. The smallest absolute Gasteiger partial charge is 0.239 e. The Hall–Kier alpha value is -3.18. The second kappa shape index (κ2) is 9.46. The molecule has 0 amide bonds. The topological polar surface area (TPSA) is 98.1 Å². The summed E-state index contributed by atoms with van der Waals surface area (Å²) in [5.41, 5.74) is 3.74. The number of aromatic nitrogens is 4. The number of nitrogens with zero attached hydrogens (tertiary/aromatic N) is 5. The highest BCUT2D eigenvalue weighted by atomic mass is 32.2. The van der Waals surface area contributed by atoms with Crippen LogP contribution in [0.2, 0.25) is 0 Å². The summed E-state index contributed by atoms with van der Waals surface area (Å²) < 4.78 is 54.5. The lowest BCUT2D eigenvalue weighted by Gasteiger charge is -2.21. The number of para-hydroxylation sites is 2. The summed E-state index contributed by atoms with van der Waals surface area (Å²) in [4.78, 5) is 13.7. The van der Waals surface area contributed by atoms with E-state index < -0.39 is 26.6 Å². The highest BCUT2D eigenvalue weighted by molar-refractivity contribution is 7.92. The number of imidazole rings is 1. The Balaban J connectivity index is 1.90. The molecule has 0 bridgehead atoms. The van der Waals surface area contributed by atoms with Gasteiger partial charge in [-0.05, 0) is 42.3 Å². The first-order valence-electron chi connectivity index (χ1n) is 10.9. The molecule has 0 spiro atoms. The van der Waals surface area contributed by atoms with Gasteiger partial charge in [0.15, 0.2) is 5.16 Å². The first-order valence-corrected chi connectivity index (χ1v) is 14.0. The van der Waals surface area contributed by atoms with Crippen LogP contribution in [0.3, 0.4) is 0 Å². The molecule has 1 atom stereocenters. The molecule has 0 aliphatic carbocycles. The van der Waals surface area contributed by atoms with E-state index in [-0.39, 0.29) is 17.6 Å². The summed E-state index contributed by atoms with van der Waals surface area (Å²) in [7, 11) is -2.00. The fraction of sp³-hybridized carbons (Fsp3) is 0.292. The van der Waals surface area contributed by atoms with Crippen molar-refractivity contribution in [2.45, 2.75) is 30.7 Å². The number of rotatable bonds is 7. The lowest BCUT2D eigenvalue weighted by atomic mass is 9.99. The SMILES string of the molecule is CC(C)c1nc(N(C)S(C)(=O)=O)nc(-c2ccc(F)cc2)c1CS(=O)c1nc2ccccc2n1C. The van der Waals surface area contributed by atoms with Crippen LogP contribution in [0.25, 0.3) is 22.3 Å². The zero-order chi connectivity index (χ0) is 25.5. The van der Waals surface area contributed by atoms with Gasteiger partial charge in [0.1, 0.15) is 5.82 Å². The Morgan fingerprint density at radius 2 is 1.71 bits per heavy atom. The van der Waals surface area contributed by atoms with Crippen LogP contribution in [-0.4, -0.2) is 45.4 Å². The third-order valence-corrected chi connectivity index (χ3v) is 8.18. The van der Waals surface area contributed by atoms with Gasteiger partial charge in [0.05, 0.1) is 45.2 Å². The van der Waals surface area contributed by atoms with Crippen molar-refractivity contribution in [3.8, 4) is 11.3 Å². The maximum Gasteiger partial charge on any atom is 0.239 e. The van der Waals surface area contributed by atoms with Gasteiger partial charge in [-0.25, -0.2) is 32.1 Å². The number of aryl methyl sites for hydroxylation is 1. The minimum atomic E-state index is -3.63. The van der Waals surface area contributed by atoms with Crippen molar-refractivity contribution < 1.29 is 17.0 Å². The van der Waals surface area contributed by atoms with Crippen molar-refractivity contribution in [1.29, 1.82) is 0 Å². The Labute approximate surface area is 206 Å². The standard InChI is InChI=1S/C24H26FN5O3S2/c1-15(2)21-18(14-34(31)24-26-19-8-6-7-9-20(19)29(24)3)22(16-10-12-17(25)13-11-16)28-23(27-21)30(4)35(5,32)33/h6-13,15H,14H2,1-5H3. The highest BCUT2D eigenvalue weighted by Gasteiger charge is 2.25. The third-order valence-electron chi connectivity index (χ3n) is 5.70. The summed E-state index contributed by atoms with van der Waals surface area (Å²) in [5.74, 6) is -0.491. The fourth-order valence-electron chi connectivity index (χ4n) is 3.77. The van der Waals surface area contributed by atoms with Crippen molar-refractivity contribution in [2.75, 3.05) is 17.6 Å². The highest BCUT2D eigenvalue weighted by Crippen LogP contribution is 2.32. The number of hydrogen-bond donors (Lipinski definition) is 0. The van der Waals surface area contributed by atoms with Crippen molar-refractivity contribution in [3.63, 3.8) is 0 Å². The molecule has 4 rings (SSSR count). The number of fused-ring (bicyclic) bond motifs is 1. The molecule has 0 saturated carbocycles. The molecule has 0 fully saturated rings. The van der Waals surface area contributed by atoms with Crippen molar-refractivity contribution >= 4 is 37.8 Å². The summed E-state index contributed by atoms with van der Waals surface area (Å²) in [6.45, 7) is 3.84.